The Bertz CT molecular complexity index is 482. The minimum absolute atomic E-state index is 0.0685. The number of carbonyl (C=O) groups is 1. The Hall–Kier alpha value is -1.88. The van der Waals surface area contributed by atoms with Crippen LogP contribution in [0.4, 0.5) is 10.1 Å². The highest BCUT2D eigenvalue weighted by molar-refractivity contribution is 5.99. The van der Waals surface area contributed by atoms with E-state index < -0.39 is 5.82 Å². The summed E-state index contributed by atoms with van der Waals surface area (Å²) < 4.78 is 13.4. The van der Waals surface area contributed by atoms with Gasteiger partial charge in [0.15, 0.2) is 0 Å². The van der Waals surface area contributed by atoms with Crippen LogP contribution in [0.3, 0.4) is 0 Å². The molecule has 1 aliphatic heterocycles. The number of nitrogens with zero attached hydrogens (tertiary/aromatic N) is 2. The molecule has 0 aliphatic carbocycles. The fourth-order valence-corrected chi connectivity index (χ4v) is 2.21. The highest BCUT2D eigenvalue weighted by Crippen LogP contribution is 2.18. The van der Waals surface area contributed by atoms with Crippen molar-refractivity contribution in [2.45, 2.75) is 0 Å². The lowest BCUT2D eigenvalue weighted by Crippen LogP contribution is -2.48. The number of benzene rings is 1. The summed E-state index contributed by atoms with van der Waals surface area (Å²) >= 11 is 0. The predicted molar refractivity (Wildman–Crippen MR) is 73.4 cm³/mol. The molecule has 0 bridgehead atoms. The molecule has 5 heteroatoms. The molecule has 0 atom stereocenters. The van der Waals surface area contributed by atoms with Gasteiger partial charge in [-0.2, -0.15) is 0 Å². The number of nitrogens with two attached hydrogens (primary N) is 1. The summed E-state index contributed by atoms with van der Waals surface area (Å²) in [4.78, 5) is 16.2. The highest BCUT2D eigenvalue weighted by atomic mass is 19.1. The Morgan fingerprint density at radius 3 is 2.68 bits per heavy atom. The summed E-state index contributed by atoms with van der Waals surface area (Å²) in [5.74, 6) is -0.744. The van der Waals surface area contributed by atoms with Gasteiger partial charge in [-0.1, -0.05) is 12.1 Å². The van der Waals surface area contributed by atoms with Gasteiger partial charge in [-0.25, -0.2) is 4.39 Å². The van der Waals surface area contributed by atoms with Crippen molar-refractivity contribution >= 4 is 11.6 Å². The fraction of sp³-hybridized carbons (Fsp3) is 0.357. The van der Waals surface area contributed by atoms with E-state index in [9.17, 15) is 9.18 Å². The van der Waals surface area contributed by atoms with Gasteiger partial charge in [-0.15, -0.1) is 6.58 Å². The molecule has 1 aromatic rings. The molecule has 19 heavy (non-hydrogen) atoms. The van der Waals surface area contributed by atoms with Crippen LogP contribution in [-0.4, -0.2) is 48.4 Å². The normalized spacial score (nSPS) is 16.4. The minimum Gasteiger partial charge on any atom is -0.396 e. The van der Waals surface area contributed by atoms with E-state index in [0.29, 0.717) is 13.1 Å². The summed E-state index contributed by atoms with van der Waals surface area (Å²) in [6.07, 6.45) is 1.85. The molecule has 0 radical (unpaired) electrons. The number of amides is 1. The van der Waals surface area contributed by atoms with Crippen molar-refractivity contribution in [3.8, 4) is 0 Å². The van der Waals surface area contributed by atoms with Crippen molar-refractivity contribution in [2.24, 2.45) is 0 Å². The van der Waals surface area contributed by atoms with E-state index in [1.807, 2.05) is 6.08 Å². The van der Waals surface area contributed by atoms with Crippen molar-refractivity contribution in [3.05, 3.63) is 42.2 Å². The van der Waals surface area contributed by atoms with Crippen LogP contribution in [0.5, 0.6) is 0 Å². The van der Waals surface area contributed by atoms with Gasteiger partial charge in [0.1, 0.15) is 5.82 Å². The molecule has 1 heterocycles. The maximum Gasteiger partial charge on any atom is 0.256 e. The topological polar surface area (TPSA) is 49.6 Å². The van der Waals surface area contributed by atoms with E-state index in [1.54, 1.807) is 11.0 Å². The number of carbonyl (C=O) groups excluding carboxylic acids is 1. The summed E-state index contributed by atoms with van der Waals surface area (Å²) in [6.45, 7) is 7.37. The van der Waals surface area contributed by atoms with E-state index >= 15 is 0 Å². The molecule has 0 unspecified atom stereocenters. The van der Waals surface area contributed by atoms with E-state index in [-0.39, 0.29) is 17.2 Å². The zero-order valence-electron chi connectivity index (χ0n) is 10.8. The second-order valence-electron chi connectivity index (χ2n) is 4.58. The maximum absolute atomic E-state index is 13.4. The third-order valence-electron chi connectivity index (χ3n) is 3.33. The van der Waals surface area contributed by atoms with Crippen LogP contribution in [0.15, 0.2) is 30.9 Å². The first-order valence-corrected chi connectivity index (χ1v) is 6.30. The van der Waals surface area contributed by atoms with Crippen LogP contribution in [0.1, 0.15) is 10.4 Å². The summed E-state index contributed by atoms with van der Waals surface area (Å²) in [7, 11) is 0. The van der Waals surface area contributed by atoms with E-state index in [4.69, 9.17) is 5.73 Å². The van der Waals surface area contributed by atoms with Gasteiger partial charge >= 0.3 is 0 Å². The molecule has 2 N–H and O–H groups in total. The third-order valence-corrected chi connectivity index (χ3v) is 3.33. The van der Waals surface area contributed by atoms with Crippen molar-refractivity contribution in [1.29, 1.82) is 0 Å². The van der Waals surface area contributed by atoms with Gasteiger partial charge in [0.05, 0.1) is 11.3 Å². The van der Waals surface area contributed by atoms with Gasteiger partial charge in [0.2, 0.25) is 0 Å². The second-order valence-corrected chi connectivity index (χ2v) is 4.58. The van der Waals surface area contributed by atoms with Crippen LogP contribution >= 0.6 is 0 Å². The molecule has 2 rings (SSSR count). The lowest BCUT2D eigenvalue weighted by Gasteiger charge is -2.34. The van der Waals surface area contributed by atoms with Crippen LogP contribution in [0, 0.1) is 5.82 Å². The predicted octanol–water partition coefficient (Wildman–Crippen LogP) is 1.35. The number of nitrogen functional groups attached to an aromatic ring is 1. The number of anilines is 1. The van der Waals surface area contributed by atoms with Gasteiger partial charge < -0.3 is 10.6 Å². The summed E-state index contributed by atoms with van der Waals surface area (Å²) in [5, 5.41) is 0. The second kappa shape index (κ2) is 5.84. The van der Waals surface area contributed by atoms with Crippen molar-refractivity contribution in [2.75, 3.05) is 38.5 Å². The Morgan fingerprint density at radius 2 is 2.05 bits per heavy atom. The maximum atomic E-state index is 13.4. The van der Waals surface area contributed by atoms with Crippen molar-refractivity contribution in [1.82, 2.24) is 9.80 Å². The number of hydrogen-bond donors (Lipinski definition) is 1. The SMILES string of the molecule is C=CCN1CCN(C(=O)c2cccc(F)c2N)CC1. The van der Waals surface area contributed by atoms with Crippen LogP contribution in [-0.2, 0) is 0 Å². The molecule has 0 spiro atoms. The Kier molecular flexibility index (Phi) is 4.16. The van der Waals surface area contributed by atoms with Crippen molar-refractivity contribution < 1.29 is 9.18 Å². The Balaban J connectivity index is 2.05. The van der Waals surface area contributed by atoms with Gasteiger partial charge in [-0.05, 0) is 12.1 Å². The van der Waals surface area contributed by atoms with Crippen LogP contribution < -0.4 is 5.73 Å². The fourth-order valence-electron chi connectivity index (χ4n) is 2.21. The van der Waals surface area contributed by atoms with Gasteiger partial charge in [0.25, 0.3) is 5.91 Å². The third kappa shape index (κ3) is 2.93. The number of piperazine rings is 1. The van der Waals surface area contributed by atoms with E-state index in [1.165, 1.54) is 12.1 Å². The average molecular weight is 263 g/mol. The number of hydrogen-bond acceptors (Lipinski definition) is 3. The molecule has 1 aromatic carbocycles. The molecule has 0 saturated carbocycles. The molecule has 4 nitrogen and oxygen atoms in total. The summed E-state index contributed by atoms with van der Waals surface area (Å²) in [6, 6.07) is 4.33. The number of para-hydroxylation sites is 1. The molecule has 1 fully saturated rings. The molecular weight excluding hydrogens is 245 g/mol. The monoisotopic (exact) mass is 263 g/mol. The largest absolute Gasteiger partial charge is 0.396 e. The van der Waals surface area contributed by atoms with Gasteiger partial charge in [-0.3, -0.25) is 9.69 Å². The lowest BCUT2D eigenvalue weighted by molar-refractivity contribution is 0.0651. The van der Waals surface area contributed by atoms with Gasteiger partial charge in [0, 0.05) is 32.7 Å². The quantitative estimate of drug-likeness (QED) is 0.661. The molecule has 1 saturated heterocycles. The van der Waals surface area contributed by atoms with E-state index in [2.05, 4.69) is 11.5 Å². The molecule has 0 aromatic heterocycles. The zero-order valence-corrected chi connectivity index (χ0v) is 10.8. The molecular formula is C14H18FN3O. The smallest absolute Gasteiger partial charge is 0.256 e. The molecule has 102 valence electrons. The highest BCUT2D eigenvalue weighted by Gasteiger charge is 2.23. The first-order valence-electron chi connectivity index (χ1n) is 6.30. The lowest BCUT2D eigenvalue weighted by atomic mass is 10.1. The Morgan fingerprint density at radius 1 is 1.37 bits per heavy atom. The molecule has 1 amide bonds. The Labute approximate surface area is 112 Å². The van der Waals surface area contributed by atoms with E-state index in [0.717, 1.165) is 19.6 Å². The number of halogens is 1. The first-order chi connectivity index (χ1) is 9.13. The first kappa shape index (κ1) is 13.5. The van der Waals surface area contributed by atoms with Crippen molar-refractivity contribution in [3.63, 3.8) is 0 Å². The van der Waals surface area contributed by atoms with Crippen LogP contribution in [0.25, 0.3) is 0 Å². The average Bonchev–Trinajstić information content (AvgIpc) is 2.42. The zero-order chi connectivity index (χ0) is 13.8. The summed E-state index contributed by atoms with van der Waals surface area (Å²) in [5.41, 5.74) is 5.80. The van der Waals surface area contributed by atoms with Crippen LogP contribution in [0.2, 0.25) is 0 Å². The number of rotatable bonds is 3. The minimum atomic E-state index is -0.545. The molecule has 1 aliphatic rings. The standard InChI is InChI=1S/C14H18FN3O/c1-2-6-17-7-9-18(10-8-17)14(19)11-4-3-5-12(15)13(11)16/h2-5H,1,6-10,16H2.